The third-order valence-corrected chi connectivity index (χ3v) is 3.22. The van der Waals surface area contributed by atoms with Crippen LogP contribution in [-0.2, 0) is 11.4 Å². The number of aliphatic hydroxyl groups is 1. The zero-order valence-corrected chi connectivity index (χ0v) is 12.2. The summed E-state index contributed by atoms with van der Waals surface area (Å²) in [5.41, 5.74) is 1.28. The summed E-state index contributed by atoms with van der Waals surface area (Å²) in [6.07, 6.45) is 4.73. The number of carboxylic acids is 1. The molecule has 0 aliphatic heterocycles. The number of carbonyl (C=O) groups excluding carboxylic acids is 1. The first kappa shape index (κ1) is 17.2. The van der Waals surface area contributed by atoms with E-state index >= 15 is 0 Å². The Morgan fingerprint density at radius 3 is 2.48 bits per heavy atom. The minimum atomic E-state index is -0.743. The van der Waals surface area contributed by atoms with Crippen molar-refractivity contribution in [2.24, 2.45) is 0 Å². The van der Waals surface area contributed by atoms with Crippen molar-refractivity contribution in [3.63, 3.8) is 0 Å². The summed E-state index contributed by atoms with van der Waals surface area (Å²) < 4.78 is 0. The maximum Gasteiger partial charge on any atom is 0.303 e. The van der Waals surface area contributed by atoms with Crippen LogP contribution < -0.4 is 5.32 Å². The van der Waals surface area contributed by atoms with Crippen LogP contribution >= 0.6 is 0 Å². The minimum Gasteiger partial charge on any atom is -0.481 e. The van der Waals surface area contributed by atoms with Gasteiger partial charge >= 0.3 is 5.97 Å². The summed E-state index contributed by atoms with van der Waals surface area (Å²) in [5, 5.41) is 20.4. The first-order valence-corrected chi connectivity index (χ1v) is 7.33. The first-order chi connectivity index (χ1) is 10.1. The van der Waals surface area contributed by atoms with Crippen LogP contribution in [0.1, 0.15) is 54.4 Å². The molecule has 0 radical (unpaired) electrons. The molecule has 1 amide bonds. The monoisotopic (exact) mass is 293 g/mol. The van der Waals surface area contributed by atoms with E-state index in [9.17, 15) is 9.59 Å². The molecule has 0 aliphatic carbocycles. The Hall–Kier alpha value is -1.88. The summed E-state index contributed by atoms with van der Waals surface area (Å²) in [4.78, 5) is 22.2. The Kier molecular flexibility index (Phi) is 8.12. The van der Waals surface area contributed by atoms with E-state index in [4.69, 9.17) is 10.2 Å². The standard InChI is InChI=1S/C16H23NO4/c18-12-13-7-6-8-14(11-13)16(21)17-10-5-3-1-2-4-9-15(19)20/h6-8,11,18H,1-5,9-10,12H2,(H,17,21)(H,19,20). The lowest BCUT2D eigenvalue weighted by Crippen LogP contribution is -2.24. The van der Waals surface area contributed by atoms with Crippen molar-refractivity contribution >= 4 is 11.9 Å². The average Bonchev–Trinajstić information content (AvgIpc) is 2.49. The van der Waals surface area contributed by atoms with Gasteiger partial charge in [-0.25, -0.2) is 0 Å². The molecule has 0 heterocycles. The van der Waals surface area contributed by atoms with Crippen molar-refractivity contribution in [2.75, 3.05) is 6.54 Å². The zero-order valence-electron chi connectivity index (χ0n) is 12.2. The summed E-state index contributed by atoms with van der Waals surface area (Å²) in [6, 6.07) is 6.93. The van der Waals surface area contributed by atoms with Crippen LogP contribution in [0.25, 0.3) is 0 Å². The number of carboxylic acid groups (broad SMARTS) is 1. The third-order valence-electron chi connectivity index (χ3n) is 3.22. The number of carbonyl (C=O) groups is 2. The zero-order chi connectivity index (χ0) is 15.5. The highest BCUT2D eigenvalue weighted by atomic mass is 16.4. The Morgan fingerprint density at radius 2 is 1.76 bits per heavy atom. The van der Waals surface area contributed by atoms with Gasteiger partial charge in [-0.2, -0.15) is 0 Å². The number of hydrogen-bond donors (Lipinski definition) is 3. The molecule has 5 nitrogen and oxygen atoms in total. The highest BCUT2D eigenvalue weighted by molar-refractivity contribution is 5.94. The lowest BCUT2D eigenvalue weighted by Gasteiger charge is -2.06. The van der Waals surface area contributed by atoms with Crippen molar-refractivity contribution in [2.45, 2.75) is 45.1 Å². The second-order valence-electron chi connectivity index (χ2n) is 5.03. The SMILES string of the molecule is O=C(O)CCCCCCCNC(=O)c1cccc(CO)c1. The molecule has 0 fully saturated rings. The van der Waals surface area contributed by atoms with Crippen LogP contribution in [0.2, 0.25) is 0 Å². The first-order valence-electron chi connectivity index (χ1n) is 7.33. The van der Waals surface area contributed by atoms with E-state index in [0.29, 0.717) is 12.1 Å². The molecule has 0 saturated carbocycles. The molecule has 0 saturated heterocycles. The summed E-state index contributed by atoms with van der Waals surface area (Å²) in [6.45, 7) is 0.540. The fourth-order valence-electron chi connectivity index (χ4n) is 2.05. The molecule has 0 spiro atoms. The Morgan fingerprint density at radius 1 is 1.05 bits per heavy atom. The van der Waals surface area contributed by atoms with Crippen LogP contribution in [0.5, 0.6) is 0 Å². The number of aliphatic hydroxyl groups excluding tert-OH is 1. The van der Waals surface area contributed by atoms with E-state index in [0.717, 1.165) is 37.7 Å². The molecule has 0 atom stereocenters. The molecule has 116 valence electrons. The summed E-state index contributed by atoms with van der Waals surface area (Å²) >= 11 is 0. The molecular formula is C16H23NO4. The predicted octanol–water partition coefficient (Wildman–Crippen LogP) is 2.33. The van der Waals surface area contributed by atoms with Crippen LogP contribution in [0, 0.1) is 0 Å². The molecule has 21 heavy (non-hydrogen) atoms. The van der Waals surface area contributed by atoms with Gasteiger partial charge in [-0.1, -0.05) is 31.4 Å². The number of nitrogens with one attached hydrogen (secondary N) is 1. The molecule has 0 aliphatic rings. The molecule has 1 rings (SSSR count). The second-order valence-corrected chi connectivity index (χ2v) is 5.03. The fourth-order valence-corrected chi connectivity index (χ4v) is 2.05. The fraction of sp³-hybridized carbons (Fsp3) is 0.500. The van der Waals surface area contributed by atoms with Gasteiger partial charge < -0.3 is 15.5 Å². The Labute approximate surface area is 125 Å². The molecule has 0 aromatic heterocycles. The van der Waals surface area contributed by atoms with E-state index in [2.05, 4.69) is 5.32 Å². The van der Waals surface area contributed by atoms with Gasteiger partial charge in [0.15, 0.2) is 0 Å². The molecule has 0 bridgehead atoms. The van der Waals surface area contributed by atoms with Crippen molar-refractivity contribution in [3.05, 3.63) is 35.4 Å². The summed E-state index contributed by atoms with van der Waals surface area (Å²) in [5.74, 6) is -0.872. The van der Waals surface area contributed by atoms with Gasteiger partial charge in [0.05, 0.1) is 6.61 Å². The van der Waals surface area contributed by atoms with Crippen molar-refractivity contribution < 1.29 is 19.8 Å². The van der Waals surface area contributed by atoms with Crippen molar-refractivity contribution in [1.82, 2.24) is 5.32 Å². The predicted molar refractivity (Wildman–Crippen MR) is 80.0 cm³/mol. The number of hydrogen-bond acceptors (Lipinski definition) is 3. The average molecular weight is 293 g/mol. The topological polar surface area (TPSA) is 86.6 Å². The maximum atomic E-state index is 11.9. The number of rotatable bonds is 10. The lowest BCUT2D eigenvalue weighted by atomic mass is 10.1. The van der Waals surface area contributed by atoms with Gasteiger partial charge in [0.1, 0.15) is 0 Å². The lowest BCUT2D eigenvalue weighted by molar-refractivity contribution is -0.137. The Balaban J connectivity index is 2.12. The molecule has 1 aromatic rings. The number of benzene rings is 1. The van der Waals surface area contributed by atoms with E-state index < -0.39 is 5.97 Å². The highest BCUT2D eigenvalue weighted by Gasteiger charge is 2.05. The Bertz CT molecular complexity index is 459. The van der Waals surface area contributed by atoms with Crippen LogP contribution in [0.15, 0.2) is 24.3 Å². The molecular weight excluding hydrogens is 270 g/mol. The maximum absolute atomic E-state index is 11.9. The van der Waals surface area contributed by atoms with E-state index in [-0.39, 0.29) is 18.9 Å². The van der Waals surface area contributed by atoms with Crippen LogP contribution in [-0.4, -0.2) is 28.6 Å². The molecule has 3 N–H and O–H groups in total. The smallest absolute Gasteiger partial charge is 0.303 e. The van der Waals surface area contributed by atoms with E-state index in [1.165, 1.54) is 0 Å². The van der Waals surface area contributed by atoms with E-state index in [1.807, 2.05) is 0 Å². The highest BCUT2D eigenvalue weighted by Crippen LogP contribution is 2.07. The van der Waals surface area contributed by atoms with Gasteiger partial charge in [0.25, 0.3) is 5.91 Å². The largest absolute Gasteiger partial charge is 0.481 e. The van der Waals surface area contributed by atoms with Crippen molar-refractivity contribution in [1.29, 1.82) is 0 Å². The van der Waals surface area contributed by atoms with Gasteiger partial charge in [-0.05, 0) is 30.5 Å². The van der Waals surface area contributed by atoms with Crippen LogP contribution in [0.3, 0.4) is 0 Å². The second kappa shape index (κ2) is 9.94. The van der Waals surface area contributed by atoms with E-state index in [1.54, 1.807) is 24.3 Å². The van der Waals surface area contributed by atoms with Gasteiger partial charge in [-0.3, -0.25) is 9.59 Å². The molecule has 1 aromatic carbocycles. The molecule has 0 unspecified atom stereocenters. The normalized spacial score (nSPS) is 10.3. The third kappa shape index (κ3) is 7.46. The molecule has 5 heteroatoms. The quantitative estimate of drug-likeness (QED) is 0.578. The van der Waals surface area contributed by atoms with Gasteiger partial charge in [0.2, 0.25) is 0 Å². The van der Waals surface area contributed by atoms with Gasteiger partial charge in [0, 0.05) is 18.5 Å². The summed E-state index contributed by atoms with van der Waals surface area (Å²) in [7, 11) is 0. The minimum absolute atomic E-state index is 0.0720. The number of amides is 1. The van der Waals surface area contributed by atoms with Crippen molar-refractivity contribution in [3.8, 4) is 0 Å². The van der Waals surface area contributed by atoms with Crippen LogP contribution in [0.4, 0.5) is 0 Å². The van der Waals surface area contributed by atoms with Gasteiger partial charge in [-0.15, -0.1) is 0 Å². The number of unbranched alkanes of at least 4 members (excludes halogenated alkanes) is 4. The number of aliphatic carboxylic acids is 1.